The van der Waals surface area contributed by atoms with E-state index in [1.165, 1.54) is 0 Å². The molecule has 2 nitrogen and oxygen atoms in total. The Kier molecular flexibility index (Phi) is 4.23. The Bertz CT molecular complexity index is 386. The van der Waals surface area contributed by atoms with Crippen LogP contribution >= 0.6 is 0 Å². The second-order valence-corrected chi connectivity index (χ2v) is 5.08. The van der Waals surface area contributed by atoms with Crippen LogP contribution in [-0.4, -0.2) is 19.7 Å². The maximum atomic E-state index is 15.0. The fourth-order valence-corrected chi connectivity index (χ4v) is 2.61. The van der Waals surface area contributed by atoms with Gasteiger partial charge in [0.05, 0.1) is 6.61 Å². The molecule has 0 saturated carbocycles. The first-order chi connectivity index (χ1) is 8.64. The van der Waals surface area contributed by atoms with E-state index in [1.807, 2.05) is 31.2 Å². The van der Waals surface area contributed by atoms with E-state index in [0.29, 0.717) is 6.61 Å². The van der Waals surface area contributed by atoms with Crippen LogP contribution in [0.15, 0.2) is 24.3 Å². The molecule has 2 atom stereocenters. The molecule has 2 unspecified atom stereocenters. The Balaban J connectivity index is 2.19. The van der Waals surface area contributed by atoms with Crippen molar-refractivity contribution in [3.05, 3.63) is 29.8 Å². The van der Waals surface area contributed by atoms with Crippen molar-refractivity contribution in [2.45, 2.75) is 32.4 Å². The maximum absolute atomic E-state index is 15.0. The molecule has 2 rings (SSSR count). The monoisotopic (exact) mass is 251 g/mol. The van der Waals surface area contributed by atoms with E-state index >= 15 is 4.39 Å². The predicted octanol–water partition coefficient (Wildman–Crippen LogP) is 3.27. The third kappa shape index (κ3) is 2.83. The Hall–Kier alpha value is -1.09. The molecule has 1 heterocycles. The highest BCUT2D eigenvalue weighted by atomic mass is 19.1. The zero-order valence-electron chi connectivity index (χ0n) is 11.2. The number of alkyl halides is 1. The quantitative estimate of drug-likeness (QED) is 0.886. The molecule has 1 aromatic rings. The number of benzene rings is 1. The first-order valence-corrected chi connectivity index (χ1v) is 6.77. The highest BCUT2D eigenvalue weighted by molar-refractivity contribution is 5.32. The molecule has 3 heteroatoms. The number of hydrogen-bond donors (Lipinski definition) is 1. The second-order valence-electron chi connectivity index (χ2n) is 5.08. The summed E-state index contributed by atoms with van der Waals surface area (Å²) in [6.07, 6.45) is 1.99. The van der Waals surface area contributed by atoms with Gasteiger partial charge in [-0.25, -0.2) is 4.39 Å². The summed E-state index contributed by atoms with van der Waals surface area (Å²) in [4.78, 5) is 0. The van der Waals surface area contributed by atoms with Crippen LogP contribution in [0.4, 0.5) is 4.39 Å². The first-order valence-electron chi connectivity index (χ1n) is 6.77. The van der Waals surface area contributed by atoms with Gasteiger partial charge in [-0.1, -0.05) is 12.1 Å². The van der Waals surface area contributed by atoms with Crippen molar-refractivity contribution in [3.8, 4) is 5.75 Å². The van der Waals surface area contributed by atoms with Crippen molar-refractivity contribution >= 4 is 0 Å². The molecule has 1 aliphatic heterocycles. The van der Waals surface area contributed by atoms with Crippen molar-refractivity contribution in [1.29, 1.82) is 0 Å². The summed E-state index contributed by atoms with van der Waals surface area (Å²) in [6, 6.07) is 7.44. The molecule has 18 heavy (non-hydrogen) atoms. The van der Waals surface area contributed by atoms with Gasteiger partial charge in [-0.3, -0.25) is 0 Å². The molecule has 0 aromatic heterocycles. The lowest BCUT2D eigenvalue weighted by atomic mass is 9.80. The van der Waals surface area contributed by atoms with E-state index in [9.17, 15) is 0 Å². The molecule has 0 radical (unpaired) electrons. The average Bonchev–Trinajstić information content (AvgIpc) is 2.40. The van der Waals surface area contributed by atoms with E-state index in [0.717, 1.165) is 37.2 Å². The molecular formula is C15H22FNO. The van der Waals surface area contributed by atoms with Gasteiger partial charge in [0, 0.05) is 12.5 Å². The van der Waals surface area contributed by atoms with Crippen LogP contribution in [-0.2, 0) is 5.67 Å². The van der Waals surface area contributed by atoms with E-state index < -0.39 is 5.67 Å². The summed E-state index contributed by atoms with van der Waals surface area (Å²) in [6.45, 7) is 6.00. The number of rotatable bonds is 4. The molecule has 1 aliphatic rings. The van der Waals surface area contributed by atoms with Gasteiger partial charge >= 0.3 is 0 Å². The summed E-state index contributed by atoms with van der Waals surface area (Å²) >= 11 is 0. The van der Waals surface area contributed by atoms with Crippen LogP contribution < -0.4 is 10.1 Å². The lowest BCUT2D eigenvalue weighted by molar-refractivity contribution is 0.0809. The van der Waals surface area contributed by atoms with Crippen LogP contribution in [0.25, 0.3) is 0 Å². The largest absolute Gasteiger partial charge is 0.494 e. The summed E-state index contributed by atoms with van der Waals surface area (Å²) in [7, 11) is 0. The van der Waals surface area contributed by atoms with E-state index in [4.69, 9.17) is 4.74 Å². The minimum Gasteiger partial charge on any atom is -0.494 e. The van der Waals surface area contributed by atoms with Gasteiger partial charge in [0.25, 0.3) is 0 Å². The predicted molar refractivity (Wildman–Crippen MR) is 71.7 cm³/mol. The molecule has 0 bridgehead atoms. The number of ether oxygens (including phenoxy) is 1. The number of halogens is 1. The van der Waals surface area contributed by atoms with Gasteiger partial charge in [0.2, 0.25) is 0 Å². The number of piperidine rings is 1. The third-order valence-corrected chi connectivity index (χ3v) is 3.77. The molecule has 1 fully saturated rings. The van der Waals surface area contributed by atoms with Crippen LogP contribution in [0.1, 0.15) is 32.3 Å². The minimum absolute atomic E-state index is 0.0446. The molecular weight excluding hydrogens is 229 g/mol. The van der Waals surface area contributed by atoms with Crippen LogP contribution in [0.3, 0.4) is 0 Å². The Morgan fingerprint density at radius 3 is 3.00 bits per heavy atom. The van der Waals surface area contributed by atoms with E-state index in [2.05, 4.69) is 5.32 Å². The number of nitrogens with one attached hydrogen (secondary N) is 1. The van der Waals surface area contributed by atoms with Gasteiger partial charge in [-0.15, -0.1) is 0 Å². The van der Waals surface area contributed by atoms with E-state index in [1.54, 1.807) is 6.92 Å². The smallest absolute Gasteiger partial charge is 0.137 e. The molecule has 0 spiro atoms. The Morgan fingerprint density at radius 2 is 2.33 bits per heavy atom. The van der Waals surface area contributed by atoms with Crippen molar-refractivity contribution < 1.29 is 9.13 Å². The standard InChI is InChI=1S/C15H22FNO/c1-3-18-14-8-4-6-12(10-14)15(2,16)13-7-5-9-17-11-13/h4,6,8,10,13,17H,3,5,7,9,11H2,1-2H3. The highest BCUT2D eigenvalue weighted by Gasteiger charge is 2.36. The average molecular weight is 251 g/mol. The fraction of sp³-hybridized carbons (Fsp3) is 0.600. The van der Waals surface area contributed by atoms with Crippen LogP contribution in [0.5, 0.6) is 5.75 Å². The SMILES string of the molecule is CCOc1cccc(C(C)(F)C2CCCNC2)c1. The van der Waals surface area contributed by atoms with E-state index in [-0.39, 0.29) is 5.92 Å². The molecule has 1 N–H and O–H groups in total. The molecule has 0 amide bonds. The zero-order valence-corrected chi connectivity index (χ0v) is 11.2. The Labute approximate surface area is 109 Å². The van der Waals surface area contributed by atoms with Gasteiger partial charge in [-0.2, -0.15) is 0 Å². The molecule has 100 valence electrons. The Morgan fingerprint density at radius 1 is 1.50 bits per heavy atom. The highest BCUT2D eigenvalue weighted by Crippen LogP contribution is 2.38. The number of hydrogen-bond acceptors (Lipinski definition) is 2. The van der Waals surface area contributed by atoms with Gasteiger partial charge < -0.3 is 10.1 Å². The van der Waals surface area contributed by atoms with Crippen molar-refractivity contribution in [3.63, 3.8) is 0 Å². The normalized spacial score (nSPS) is 23.4. The van der Waals surface area contributed by atoms with Crippen molar-refractivity contribution in [1.82, 2.24) is 5.32 Å². The van der Waals surface area contributed by atoms with Crippen LogP contribution in [0.2, 0.25) is 0 Å². The summed E-state index contributed by atoms with van der Waals surface area (Å²) in [5.74, 6) is 0.797. The summed E-state index contributed by atoms with van der Waals surface area (Å²) < 4.78 is 20.5. The van der Waals surface area contributed by atoms with Crippen LogP contribution in [0, 0.1) is 5.92 Å². The minimum atomic E-state index is -1.29. The van der Waals surface area contributed by atoms with Gasteiger partial charge in [0.15, 0.2) is 0 Å². The topological polar surface area (TPSA) is 21.3 Å². The van der Waals surface area contributed by atoms with Crippen molar-refractivity contribution in [2.24, 2.45) is 5.92 Å². The van der Waals surface area contributed by atoms with Gasteiger partial charge in [-0.05, 0) is 50.9 Å². The van der Waals surface area contributed by atoms with Gasteiger partial charge in [0.1, 0.15) is 11.4 Å². The molecule has 1 aromatic carbocycles. The maximum Gasteiger partial charge on any atom is 0.137 e. The zero-order chi connectivity index (χ0) is 13.0. The molecule has 0 aliphatic carbocycles. The lowest BCUT2D eigenvalue weighted by Crippen LogP contribution is -2.39. The fourth-order valence-electron chi connectivity index (χ4n) is 2.61. The van der Waals surface area contributed by atoms with Crippen molar-refractivity contribution in [2.75, 3.05) is 19.7 Å². The third-order valence-electron chi connectivity index (χ3n) is 3.77. The molecule has 1 saturated heterocycles. The summed E-state index contributed by atoms with van der Waals surface area (Å²) in [5.41, 5.74) is -0.567. The lowest BCUT2D eigenvalue weighted by Gasteiger charge is -2.34. The first kappa shape index (κ1) is 13.3. The second kappa shape index (κ2) is 5.70. The summed E-state index contributed by atoms with van der Waals surface area (Å²) in [5, 5.41) is 3.28.